The van der Waals surface area contributed by atoms with Gasteiger partial charge >= 0.3 is 12.4 Å². The fourth-order valence-corrected chi connectivity index (χ4v) is 6.13. The van der Waals surface area contributed by atoms with Crippen molar-refractivity contribution in [1.29, 1.82) is 0 Å². The molecule has 0 aliphatic carbocycles. The quantitative estimate of drug-likeness (QED) is 0.494. The lowest BCUT2D eigenvalue weighted by molar-refractivity contribution is -0.143. The van der Waals surface area contributed by atoms with E-state index in [1.54, 1.807) is 0 Å². The maximum Gasteiger partial charge on any atom is 0.416 e. The van der Waals surface area contributed by atoms with E-state index in [4.69, 9.17) is 4.74 Å². The van der Waals surface area contributed by atoms with Crippen LogP contribution in [0.3, 0.4) is 0 Å². The van der Waals surface area contributed by atoms with Gasteiger partial charge in [0.05, 0.1) is 35.3 Å². The largest absolute Gasteiger partial charge is 0.416 e. The van der Waals surface area contributed by atoms with Crippen molar-refractivity contribution in [3.8, 4) is 0 Å². The Bertz CT molecular complexity index is 1100. The number of alkyl halides is 6. The molecule has 4 atom stereocenters. The maximum absolute atomic E-state index is 13.3. The molecule has 0 aromatic heterocycles. The lowest BCUT2D eigenvalue weighted by atomic mass is 9.80. The lowest BCUT2D eigenvalue weighted by Gasteiger charge is -2.42. The van der Waals surface area contributed by atoms with Gasteiger partial charge in [-0.25, -0.2) is 0 Å². The average molecular weight is 527 g/mol. The number of halogens is 6. The number of nitrogens with one attached hydrogen (secondary N) is 1. The molecule has 4 unspecified atom stereocenters. The average Bonchev–Trinajstić information content (AvgIpc) is 3.50. The van der Waals surface area contributed by atoms with Gasteiger partial charge in [0.1, 0.15) is 0 Å². The summed E-state index contributed by atoms with van der Waals surface area (Å²) < 4.78 is 86.1. The van der Waals surface area contributed by atoms with Gasteiger partial charge in [0.2, 0.25) is 5.91 Å². The fraction of sp³-hybridized carbons (Fsp3) is 0.519. The van der Waals surface area contributed by atoms with Crippen LogP contribution in [0.5, 0.6) is 0 Å². The normalized spacial score (nSPS) is 28.1. The number of likely N-dealkylation sites (tertiary alicyclic amines) is 1. The van der Waals surface area contributed by atoms with Gasteiger partial charge in [-0.15, -0.1) is 0 Å². The summed E-state index contributed by atoms with van der Waals surface area (Å²) in [4.78, 5) is 15.2. The van der Waals surface area contributed by atoms with Crippen molar-refractivity contribution < 1.29 is 35.9 Å². The zero-order valence-corrected chi connectivity index (χ0v) is 20.0. The fourth-order valence-electron chi connectivity index (χ4n) is 6.13. The van der Waals surface area contributed by atoms with E-state index in [9.17, 15) is 31.1 Å². The molecule has 3 heterocycles. The third-order valence-corrected chi connectivity index (χ3v) is 7.88. The molecule has 1 N–H and O–H groups in total. The molecule has 5 rings (SSSR count). The van der Waals surface area contributed by atoms with Crippen molar-refractivity contribution in [2.75, 3.05) is 13.1 Å². The Morgan fingerprint density at radius 3 is 2.16 bits per heavy atom. The molecule has 2 bridgehead atoms. The van der Waals surface area contributed by atoms with Gasteiger partial charge in [-0.1, -0.05) is 30.3 Å². The standard InChI is InChI=1S/C27H28F6N2O2/c28-26(29,30)19-12-17(13-20(14-19)27(31,32)33)16-37-23-9-8-22-21(24(36)35-10-4-5-11-35)15-25(23,34-22)18-6-2-1-3-7-18/h1-3,6-7,12-14,21-23,34H,4-5,8-11,15-16H2. The summed E-state index contributed by atoms with van der Waals surface area (Å²) in [5.41, 5.74) is -2.80. The molecular weight excluding hydrogens is 498 g/mol. The first-order valence-corrected chi connectivity index (χ1v) is 12.5. The SMILES string of the molecule is O=C(C1CC2(c3ccccc3)NC1CCC2OCc1cc(C(F)(F)F)cc(C(F)(F)F)c1)N1CCCC1. The van der Waals surface area contributed by atoms with Crippen LogP contribution in [0.1, 0.15) is 54.4 Å². The van der Waals surface area contributed by atoms with Crippen molar-refractivity contribution in [3.05, 3.63) is 70.8 Å². The summed E-state index contributed by atoms with van der Waals surface area (Å²) in [7, 11) is 0. The number of carbonyl (C=O) groups excluding carboxylic acids is 1. The molecule has 0 radical (unpaired) electrons. The highest BCUT2D eigenvalue weighted by atomic mass is 19.4. The zero-order chi connectivity index (χ0) is 26.4. The van der Waals surface area contributed by atoms with E-state index < -0.39 is 41.7 Å². The summed E-state index contributed by atoms with van der Waals surface area (Å²) in [6.07, 6.45) is -6.82. The second-order valence-electron chi connectivity index (χ2n) is 10.2. The second kappa shape index (κ2) is 9.62. The highest BCUT2D eigenvalue weighted by molar-refractivity contribution is 5.80. The van der Waals surface area contributed by atoms with Crippen LogP contribution in [0.15, 0.2) is 48.5 Å². The minimum Gasteiger partial charge on any atom is -0.371 e. The number of ether oxygens (including phenoxy) is 1. The Labute approximate surface area is 211 Å². The van der Waals surface area contributed by atoms with Crippen molar-refractivity contribution in [3.63, 3.8) is 0 Å². The highest BCUT2D eigenvalue weighted by Crippen LogP contribution is 2.48. The minimum absolute atomic E-state index is 0.0708. The molecule has 3 fully saturated rings. The molecule has 3 aliphatic rings. The number of piperidine rings is 1. The Hall–Kier alpha value is -2.59. The number of benzene rings is 2. The van der Waals surface area contributed by atoms with E-state index in [0.717, 1.165) is 31.5 Å². The van der Waals surface area contributed by atoms with Crippen molar-refractivity contribution in [2.24, 2.45) is 5.92 Å². The number of carbonyl (C=O) groups is 1. The monoisotopic (exact) mass is 526 g/mol. The molecule has 3 aliphatic heterocycles. The van der Waals surface area contributed by atoms with Crippen LogP contribution in [0.4, 0.5) is 26.3 Å². The molecule has 1 amide bonds. The van der Waals surface area contributed by atoms with Gasteiger partial charge in [0.25, 0.3) is 0 Å². The molecule has 4 nitrogen and oxygen atoms in total. The smallest absolute Gasteiger partial charge is 0.371 e. The van der Waals surface area contributed by atoms with E-state index in [2.05, 4.69) is 5.32 Å². The van der Waals surface area contributed by atoms with E-state index in [1.165, 1.54) is 0 Å². The Morgan fingerprint density at radius 1 is 0.946 bits per heavy atom. The third kappa shape index (κ3) is 5.10. The molecule has 3 saturated heterocycles. The first-order valence-electron chi connectivity index (χ1n) is 12.5. The van der Waals surface area contributed by atoms with Crippen LogP contribution in [0.2, 0.25) is 0 Å². The second-order valence-corrected chi connectivity index (χ2v) is 10.2. The molecule has 0 saturated carbocycles. The van der Waals surface area contributed by atoms with Gasteiger partial charge in [-0.05, 0) is 61.4 Å². The lowest BCUT2D eigenvalue weighted by Crippen LogP contribution is -2.54. The summed E-state index contributed by atoms with van der Waals surface area (Å²) in [6.45, 7) is 1.05. The number of hydrogen-bond acceptors (Lipinski definition) is 3. The van der Waals surface area contributed by atoms with Crippen molar-refractivity contribution >= 4 is 5.91 Å². The van der Waals surface area contributed by atoms with Crippen molar-refractivity contribution in [2.45, 2.75) is 68.7 Å². The first-order chi connectivity index (χ1) is 17.5. The zero-order valence-electron chi connectivity index (χ0n) is 20.0. The van der Waals surface area contributed by atoms with Crippen LogP contribution >= 0.6 is 0 Å². The van der Waals surface area contributed by atoms with Crippen LogP contribution in [0, 0.1) is 5.92 Å². The highest BCUT2D eigenvalue weighted by Gasteiger charge is 2.56. The number of nitrogens with zero attached hydrogens (tertiary/aromatic N) is 1. The van der Waals surface area contributed by atoms with E-state index in [-0.39, 0.29) is 29.5 Å². The summed E-state index contributed by atoms with van der Waals surface area (Å²) in [5, 5.41) is 3.60. The van der Waals surface area contributed by atoms with Gasteiger partial charge in [0, 0.05) is 19.1 Å². The van der Waals surface area contributed by atoms with E-state index in [1.807, 2.05) is 35.2 Å². The Morgan fingerprint density at radius 2 is 1.57 bits per heavy atom. The van der Waals surface area contributed by atoms with Gasteiger partial charge in [-0.3, -0.25) is 4.79 Å². The third-order valence-electron chi connectivity index (χ3n) is 7.88. The molecule has 2 aromatic rings. The molecule has 37 heavy (non-hydrogen) atoms. The minimum atomic E-state index is -4.92. The predicted molar refractivity (Wildman–Crippen MR) is 123 cm³/mol. The molecule has 0 spiro atoms. The molecule has 10 heteroatoms. The number of hydrogen-bond donors (Lipinski definition) is 1. The van der Waals surface area contributed by atoms with Gasteiger partial charge in [-0.2, -0.15) is 26.3 Å². The topological polar surface area (TPSA) is 41.6 Å². The van der Waals surface area contributed by atoms with Crippen molar-refractivity contribution in [1.82, 2.24) is 10.2 Å². The van der Waals surface area contributed by atoms with E-state index in [0.29, 0.717) is 31.4 Å². The Balaban J connectivity index is 1.43. The molecule has 2 aromatic carbocycles. The molecular formula is C27H28F6N2O2. The van der Waals surface area contributed by atoms with Crippen LogP contribution in [0.25, 0.3) is 0 Å². The summed E-state index contributed by atoms with van der Waals surface area (Å²) in [5.74, 6) is -0.168. The first kappa shape index (κ1) is 26.0. The van der Waals surface area contributed by atoms with Crippen LogP contribution in [-0.2, 0) is 34.0 Å². The summed E-state index contributed by atoms with van der Waals surface area (Å²) in [6, 6.07) is 10.9. The summed E-state index contributed by atoms with van der Waals surface area (Å²) >= 11 is 0. The van der Waals surface area contributed by atoms with Crippen LogP contribution in [-0.4, -0.2) is 36.0 Å². The van der Waals surface area contributed by atoms with E-state index >= 15 is 0 Å². The number of rotatable bonds is 5. The predicted octanol–water partition coefficient (Wildman–Crippen LogP) is 5.90. The van der Waals surface area contributed by atoms with Gasteiger partial charge in [0.15, 0.2) is 0 Å². The Kier molecular flexibility index (Phi) is 6.77. The molecule has 200 valence electrons. The maximum atomic E-state index is 13.3. The van der Waals surface area contributed by atoms with Crippen LogP contribution < -0.4 is 5.32 Å². The number of amides is 1. The van der Waals surface area contributed by atoms with Gasteiger partial charge < -0.3 is 15.0 Å². The number of fused-ring (bicyclic) bond motifs is 2.